The Bertz CT molecular complexity index is 673. The third-order valence-electron chi connectivity index (χ3n) is 3.66. The van der Waals surface area contributed by atoms with Gasteiger partial charge in [-0.3, -0.25) is 0 Å². The Morgan fingerprint density at radius 1 is 1.04 bits per heavy atom. The van der Waals surface area contributed by atoms with Gasteiger partial charge in [-0.25, -0.2) is 4.79 Å². The maximum absolute atomic E-state index is 12.1. The lowest BCUT2D eigenvalue weighted by Gasteiger charge is -2.12. The molecule has 0 heterocycles. The number of methoxy groups -OCH3 is 1. The minimum Gasteiger partial charge on any atom is -0.380 e. The van der Waals surface area contributed by atoms with E-state index in [1.54, 1.807) is 7.11 Å². The predicted octanol–water partition coefficient (Wildman–Crippen LogP) is 4.08. The van der Waals surface area contributed by atoms with Crippen LogP contribution in [0.1, 0.15) is 30.0 Å². The summed E-state index contributed by atoms with van der Waals surface area (Å²) >= 11 is 0. The normalized spacial score (nSPS) is 10.5. The van der Waals surface area contributed by atoms with E-state index in [-0.39, 0.29) is 6.03 Å². The van der Waals surface area contributed by atoms with E-state index in [0.717, 1.165) is 35.4 Å². The first-order valence-corrected chi connectivity index (χ1v) is 8.50. The fraction of sp³-hybridized carbons (Fsp3) is 0.350. The molecule has 0 spiro atoms. The molecule has 0 aliphatic heterocycles. The standard InChI is InChI=1S/C20H26N2O3/c1-3-11-25-15-18-9-5-4-8-17(18)13-21-20(23)22-19-10-6-7-16(12-19)14-24-2/h4-10,12H,3,11,13-15H2,1-2H3,(H2,21,22,23). The largest absolute Gasteiger partial charge is 0.380 e. The van der Waals surface area contributed by atoms with Crippen molar-refractivity contribution in [3.8, 4) is 0 Å². The lowest BCUT2D eigenvalue weighted by atomic mass is 10.1. The number of hydrogen-bond acceptors (Lipinski definition) is 3. The molecule has 0 aliphatic rings. The molecular formula is C20H26N2O3. The smallest absolute Gasteiger partial charge is 0.319 e. The van der Waals surface area contributed by atoms with Gasteiger partial charge in [0.1, 0.15) is 0 Å². The average molecular weight is 342 g/mol. The Morgan fingerprint density at radius 2 is 1.84 bits per heavy atom. The fourth-order valence-electron chi connectivity index (χ4n) is 2.45. The third-order valence-corrected chi connectivity index (χ3v) is 3.66. The molecule has 2 N–H and O–H groups in total. The highest BCUT2D eigenvalue weighted by Gasteiger charge is 2.06. The molecule has 2 rings (SSSR count). The molecular weight excluding hydrogens is 316 g/mol. The molecule has 134 valence electrons. The van der Waals surface area contributed by atoms with Gasteiger partial charge in [0.25, 0.3) is 0 Å². The first-order chi connectivity index (χ1) is 12.2. The van der Waals surface area contributed by atoms with E-state index in [9.17, 15) is 4.79 Å². The number of nitrogens with one attached hydrogen (secondary N) is 2. The number of urea groups is 1. The van der Waals surface area contributed by atoms with Gasteiger partial charge in [-0.1, -0.05) is 43.3 Å². The summed E-state index contributed by atoms with van der Waals surface area (Å²) in [6.07, 6.45) is 0.991. The van der Waals surface area contributed by atoms with E-state index in [1.807, 2.05) is 48.5 Å². The Morgan fingerprint density at radius 3 is 2.60 bits per heavy atom. The number of carbonyl (C=O) groups excluding carboxylic acids is 1. The second-order valence-corrected chi connectivity index (χ2v) is 5.76. The number of hydrogen-bond donors (Lipinski definition) is 2. The van der Waals surface area contributed by atoms with Gasteiger partial charge in [-0.05, 0) is 35.2 Å². The summed E-state index contributed by atoms with van der Waals surface area (Å²) in [4.78, 5) is 12.1. The second-order valence-electron chi connectivity index (χ2n) is 5.76. The van der Waals surface area contributed by atoms with E-state index in [4.69, 9.17) is 9.47 Å². The predicted molar refractivity (Wildman–Crippen MR) is 99.4 cm³/mol. The monoisotopic (exact) mass is 342 g/mol. The van der Waals surface area contributed by atoms with E-state index in [1.165, 1.54) is 0 Å². The second kappa shape index (κ2) is 10.5. The highest BCUT2D eigenvalue weighted by Crippen LogP contribution is 2.12. The van der Waals surface area contributed by atoms with Gasteiger partial charge in [0, 0.05) is 25.9 Å². The van der Waals surface area contributed by atoms with Gasteiger partial charge >= 0.3 is 6.03 Å². The number of benzene rings is 2. The van der Waals surface area contributed by atoms with Crippen molar-refractivity contribution < 1.29 is 14.3 Å². The summed E-state index contributed by atoms with van der Waals surface area (Å²) in [7, 11) is 1.65. The summed E-state index contributed by atoms with van der Waals surface area (Å²) in [6, 6.07) is 15.3. The third kappa shape index (κ3) is 6.57. The molecule has 0 aromatic heterocycles. The van der Waals surface area contributed by atoms with Gasteiger partial charge < -0.3 is 20.1 Å². The molecule has 0 unspecified atom stereocenters. The van der Waals surface area contributed by atoms with Crippen LogP contribution in [0.5, 0.6) is 0 Å². The van der Waals surface area contributed by atoms with Crippen molar-refractivity contribution in [2.75, 3.05) is 19.0 Å². The van der Waals surface area contributed by atoms with Crippen molar-refractivity contribution in [1.82, 2.24) is 5.32 Å². The molecule has 5 heteroatoms. The van der Waals surface area contributed by atoms with Gasteiger partial charge in [0.05, 0.1) is 13.2 Å². The molecule has 0 atom stereocenters. The summed E-state index contributed by atoms with van der Waals surface area (Å²) in [6.45, 7) is 4.35. The van der Waals surface area contributed by atoms with Gasteiger partial charge in [-0.2, -0.15) is 0 Å². The number of amides is 2. The maximum atomic E-state index is 12.1. The lowest BCUT2D eigenvalue weighted by molar-refractivity contribution is 0.121. The SMILES string of the molecule is CCCOCc1ccccc1CNC(=O)Nc1cccc(COC)c1. The molecule has 0 saturated heterocycles. The van der Waals surface area contributed by atoms with Crippen LogP contribution >= 0.6 is 0 Å². The van der Waals surface area contributed by atoms with Gasteiger partial charge in [0.2, 0.25) is 0 Å². The van der Waals surface area contributed by atoms with E-state index >= 15 is 0 Å². The van der Waals surface area contributed by atoms with Crippen LogP contribution in [0.3, 0.4) is 0 Å². The van der Waals surface area contributed by atoms with Crippen LogP contribution in [-0.4, -0.2) is 19.7 Å². The minimum absolute atomic E-state index is 0.237. The first-order valence-electron chi connectivity index (χ1n) is 8.50. The molecule has 0 fully saturated rings. The molecule has 0 saturated carbocycles. The molecule has 25 heavy (non-hydrogen) atoms. The van der Waals surface area contributed by atoms with Gasteiger partial charge in [0.15, 0.2) is 0 Å². The van der Waals surface area contributed by atoms with Gasteiger partial charge in [-0.15, -0.1) is 0 Å². The van der Waals surface area contributed by atoms with Crippen molar-refractivity contribution >= 4 is 11.7 Å². The number of anilines is 1. The number of ether oxygens (including phenoxy) is 2. The maximum Gasteiger partial charge on any atom is 0.319 e. The van der Waals surface area contributed by atoms with E-state index in [0.29, 0.717) is 19.8 Å². The fourth-order valence-corrected chi connectivity index (χ4v) is 2.45. The van der Waals surface area contributed by atoms with E-state index < -0.39 is 0 Å². The lowest BCUT2D eigenvalue weighted by Crippen LogP contribution is -2.28. The van der Waals surface area contributed by atoms with Crippen LogP contribution in [0, 0.1) is 0 Å². The quantitative estimate of drug-likeness (QED) is 0.675. The van der Waals surface area contributed by atoms with E-state index in [2.05, 4.69) is 17.6 Å². The number of rotatable bonds is 9. The molecule has 2 amide bonds. The Labute approximate surface area is 149 Å². The molecule has 0 aliphatic carbocycles. The average Bonchev–Trinajstić information content (AvgIpc) is 2.62. The van der Waals surface area contributed by atoms with Crippen LogP contribution in [-0.2, 0) is 29.2 Å². The molecule has 5 nitrogen and oxygen atoms in total. The summed E-state index contributed by atoms with van der Waals surface area (Å²) in [5, 5.41) is 5.74. The van der Waals surface area contributed by atoms with Crippen molar-refractivity contribution in [3.05, 3.63) is 65.2 Å². The Hall–Kier alpha value is -2.37. The molecule has 2 aromatic rings. The summed E-state index contributed by atoms with van der Waals surface area (Å²) in [5.74, 6) is 0. The van der Waals surface area contributed by atoms with Crippen molar-refractivity contribution in [2.45, 2.75) is 33.1 Å². The first kappa shape index (κ1) is 19.0. The van der Waals surface area contributed by atoms with Crippen LogP contribution in [0.2, 0.25) is 0 Å². The molecule has 0 bridgehead atoms. The van der Waals surface area contributed by atoms with Crippen LogP contribution in [0.4, 0.5) is 10.5 Å². The zero-order chi connectivity index (χ0) is 17.9. The van der Waals surface area contributed by atoms with Crippen LogP contribution < -0.4 is 10.6 Å². The molecule has 2 aromatic carbocycles. The van der Waals surface area contributed by atoms with Crippen molar-refractivity contribution in [3.63, 3.8) is 0 Å². The number of carbonyl (C=O) groups is 1. The topological polar surface area (TPSA) is 59.6 Å². The Balaban J connectivity index is 1.88. The molecule has 0 radical (unpaired) electrons. The summed E-state index contributed by atoms with van der Waals surface area (Å²) in [5.41, 5.74) is 3.91. The zero-order valence-corrected chi connectivity index (χ0v) is 14.9. The van der Waals surface area contributed by atoms with Crippen molar-refractivity contribution in [2.24, 2.45) is 0 Å². The Kier molecular flexibility index (Phi) is 7.95. The van der Waals surface area contributed by atoms with Crippen LogP contribution in [0.15, 0.2) is 48.5 Å². The highest BCUT2D eigenvalue weighted by atomic mass is 16.5. The van der Waals surface area contributed by atoms with Crippen LogP contribution in [0.25, 0.3) is 0 Å². The van der Waals surface area contributed by atoms with Crippen molar-refractivity contribution in [1.29, 1.82) is 0 Å². The highest BCUT2D eigenvalue weighted by molar-refractivity contribution is 5.89. The summed E-state index contributed by atoms with van der Waals surface area (Å²) < 4.78 is 10.7. The minimum atomic E-state index is -0.237. The zero-order valence-electron chi connectivity index (χ0n) is 14.9.